The maximum Gasteiger partial charge on any atom is 0.459 e. The molecule has 0 unspecified atom stereocenters. The van der Waals surface area contributed by atoms with Gasteiger partial charge < -0.3 is 14.8 Å². The number of alkyl carbamates (subject to hydrolysis) is 1. The minimum absolute atomic E-state index is 0.365. The molecule has 0 spiro atoms. The lowest BCUT2D eigenvalue weighted by Gasteiger charge is -2.30. The van der Waals surface area contributed by atoms with Crippen molar-refractivity contribution in [2.24, 2.45) is 0 Å². The van der Waals surface area contributed by atoms with Crippen molar-refractivity contribution in [3.05, 3.63) is 35.9 Å². The van der Waals surface area contributed by atoms with Gasteiger partial charge in [0, 0.05) is 6.42 Å². The topological polar surface area (TPSA) is 64.6 Å². The van der Waals surface area contributed by atoms with Crippen molar-refractivity contribution in [3.63, 3.8) is 0 Å². The highest BCUT2D eigenvalue weighted by molar-refractivity contribution is 5.81. The zero-order valence-corrected chi connectivity index (χ0v) is 13.7. The molecule has 0 bridgehead atoms. The van der Waals surface area contributed by atoms with Crippen molar-refractivity contribution in [1.29, 1.82) is 0 Å². The van der Waals surface area contributed by atoms with E-state index in [4.69, 9.17) is 0 Å². The molecule has 0 fully saturated rings. The summed E-state index contributed by atoms with van der Waals surface area (Å²) >= 11 is 0. The molecule has 12 heteroatoms. The van der Waals surface area contributed by atoms with E-state index < -0.39 is 42.5 Å². The first-order valence-corrected chi connectivity index (χ1v) is 7.19. The Morgan fingerprint density at radius 3 is 2.07 bits per heavy atom. The average Bonchev–Trinajstić information content (AvgIpc) is 2.58. The number of rotatable bonds is 7. The summed E-state index contributed by atoms with van der Waals surface area (Å²) in [5.74, 6) is -13.8. The van der Waals surface area contributed by atoms with Gasteiger partial charge in [0.2, 0.25) is 0 Å². The monoisotopic (exact) mass is 405 g/mol. The van der Waals surface area contributed by atoms with Crippen molar-refractivity contribution >= 4 is 12.1 Å². The fourth-order valence-electron chi connectivity index (χ4n) is 1.83. The number of carbonyl (C=O) groups excluding carboxylic acids is 2. The number of hydrogen-bond donors (Lipinski definition) is 1. The molecular weight excluding hydrogens is 391 g/mol. The van der Waals surface area contributed by atoms with Crippen molar-refractivity contribution in [2.45, 2.75) is 37.1 Å². The van der Waals surface area contributed by atoms with Crippen LogP contribution in [0.2, 0.25) is 0 Å². The van der Waals surface area contributed by atoms with Crippen LogP contribution in [0.4, 0.5) is 35.5 Å². The molecule has 1 amide bonds. The molecule has 0 heterocycles. The van der Waals surface area contributed by atoms with Crippen molar-refractivity contribution in [3.8, 4) is 0 Å². The summed E-state index contributed by atoms with van der Waals surface area (Å²) in [6.45, 7) is -0.365. The van der Waals surface area contributed by atoms with E-state index in [1.165, 1.54) is 17.4 Å². The van der Waals surface area contributed by atoms with Crippen molar-refractivity contribution in [1.82, 2.24) is 5.32 Å². The number of benzene rings is 1. The first kappa shape index (κ1) is 22.5. The zero-order valence-electron chi connectivity index (χ0n) is 13.7. The van der Waals surface area contributed by atoms with Crippen molar-refractivity contribution in [2.75, 3.05) is 7.11 Å². The van der Waals surface area contributed by atoms with Gasteiger partial charge in [-0.3, -0.25) is 0 Å². The number of halogens is 7. The van der Waals surface area contributed by atoms with E-state index in [1.807, 2.05) is 0 Å². The second kappa shape index (κ2) is 8.44. The van der Waals surface area contributed by atoms with Crippen LogP contribution in [-0.2, 0) is 20.9 Å². The maximum absolute atomic E-state index is 13.5. The van der Waals surface area contributed by atoms with E-state index in [2.05, 4.69) is 9.47 Å². The van der Waals surface area contributed by atoms with E-state index in [-0.39, 0.29) is 6.61 Å². The average molecular weight is 405 g/mol. The highest BCUT2D eigenvalue weighted by atomic mass is 19.4. The van der Waals surface area contributed by atoms with Crippen LogP contribution >= 0.6 is 0 Å². The van der Waals surface area contributed by atoms with E-state index in [0.29, 0.717) is 12.7 Å². The van der Waals surface area contributed by atoms with Crippen LogP contribution in [0.25, 0.3) is 0 Å². The Balaban J connectivity index is 2.84. The largest absolute Gasteiger partial charge is 0.467 e. The van der Waals surface area contributed by atoms with Gasteiger partial charge in [-0.1, -0.05) is 30.3 Å². The van der Waals surface area contributed by atoms with Crippen molar-refractivity contribution < 1.29 is 49.8 Å². The Morgan fingerprint density at radius 2 is 1.59 bits per heavy atom. The third-order valence-corrected chi connectivity index (χ3v) is 3.27. The highest BCUT2D eigenvalue weighted by Crippen LogP contribution is 2.48. The molecule has 0 aliphatic heterocycles. The molecule has 152 valence electrons. The van der Waals surface area contributed by atoms with Crippen LogP contribution in [0.15, 0.2) is 30.3 Å². The molecule has 1 aromatic carbocycles. The maximum atomic E-state index is 13.5. The summed E-state index contributed by atoms with van der Waals surface area (Å²) in [5, 5.41) is 1.50. The predicted molar refractivity (Wildman–Crippen MR) is 76.1 cm³/mol. The lowest BCUT2D eigenvalue weighted by molar-refractivity contribution is -0.356. The van der Waals surface area contributed by atoms with Gasteiger partial charge in [-0.2, -0.15) is 30.7 Å². The van der Waals surface area contributed by atoms with E-state index >= 15 is 0 Å². The normalized spacial score (nSPS) is 13.6. The Kier molecular flexibility index (Phi) is 7.04. The minimum atomic E-state index is -6.56. The number of methoxy groups -OCH3 is 1. The second-order valence-electron chi connectivity index (χ2n) is 5.26. The first-order valence-electron chi connectivity index (χ1n) is 7.19. The molecule has 0 aromatic heterocycles. The third-order valence-electron chi connectivity index (χ3n) is 3.27. The molecule has 0 radical (unpaired) electrons. The van der Waals surface area contributed by atoms with E-state index in [0.717, 1.165) is 0 Å². The summed E-state index contributed by atoms with van der Waals surface area (Å²) in [4.78, 5) is 23.0. The lowest BCUT2D eigenvalue weighted by atomic mass is 10.0. The Labute approximate surface area is 148 Å². The number of amides is 1. The van der Waals surface area contributed by atoms with Gasteiger partial charge in [0.15, 0.2) is 0 Å². The van der Waals surface area contributed by atoms with Gasteiger partial charge in [0.25, 0.3) is 0 Å². The summed E-state index contributed by atoms with van der Waals surface area (Å²) < 4.78 is 98.1. The quantitative estimate of drug-likeness (QED) is 0.555. The standard InChI is InChI=1S/C15H14F7NO4/c1-26-11(24)10(7-13(16,17)14(18,19)15(20,21)22)23-12(25)27-8-9-5-3-2-4-6-9/h2-6,10H,7-8H2,1H3,(H,23,25)/t10-/m1/s1. The lowest BCUT2D eigenvalue weighted by Crippen LogP contribution is -2.56. The van der Waals surface area contributed by atoms with Gasteiger partial charge >= 0.3 is 30.1 Å². The molecule has 0 aliphatic carbocycles. The molecule has 0 aliphatic rings. The summed E-state index contributed by atoms with van der Waals surface area (Å²) in [7, 11) is 0.673. The Bertz CT molecular complexity index is 649. The first-order chi connectivity index (χ1) is 12.3. The SMILES string of the molecule is COC(=O)[C@@H](CC(F)(F)C(F)(F)C(F)(F)F)NC(=O)OCc1ccccc1. The third kappa shape index (κ3) is 5.73. The number of nitrogens with one attached hydrogen (secondary N) is 1. The van der Waals surface area contributed by atoms with Crippen LogP contribution in [0.3, 0.4) is 0 Å². The van der Waals surface area contributed by atoms with Crippen LogP contribution in [-0.4, -0.2) is 43.2 Å². The molecule has 1 N–H and O–H groups in total. The van der Waals surface area contributed by atoms with E-state index in [9.17, 15) is 40.3 Å². The minimum Gasteiger partial charge on any atom is -0.467 e. The fourth-order valence-corrected chi connectivity index (χ4v) is 1.83. The molecule has 5 nitrogen and oxygen atoms in total. The van der Waals surface area contributed by atoms with E-state index in [1.54, 1.807) is 18.2 Å². The summed E-state index contributed by atoms with van der Waals surface area (Å²) in [5.41, 5.74) is 0.469. The van der Waals surface area contributed by atoms with Crippen LogP contribution < -0.4 is 5.32 Å². The second-order valence-corrected chi connectivity index (χ2v) is 5.26. The predicted octanol–water partition coefficient (Wildman–Crippen LogP) is 3.68. The fraction of sp³-hybridized carbons (Fsp3) is 0.467. The van der Waals surface area contributed by atoms with Gasteiger partial charge in [-0.15, -0.1) is 0 Å². The zero-order chi connectivity index (χ0) is 20.9. The Hall–Kier alpha value is -2.53. The van der Waals surface area contributed by atoms with Gasteiger partial charge in [0.1, 0.15) is 12.6 Å². The molecule has 1 aromatic rings. The molecule has 27 heavy (non-hydrogen) atoms. The number of carbonyl (C=O) groups is 2. The highest BCUT2D eigenvalue weighted by Gasteiger charge is 2.73. The smallest absolute Gasteiger partial charge is 0.459 e. The van der Waals surface area contributed by atoms with Crippen LogP contribution in [0.5, 0.6) is 0 Å². The summed E-state index contributed by atoms with van der Waals surface area (Å²) in [6, 6.07) is 5.40. The number of hydrogen-bond acceptors (Lipinski definition) is 4. The molecular formula is C15H14F7NO4. The number of esters is 1. The molecule has 1 rings (SSSR count). The molecule has 0 saturated carbocycles. The van der Waals surface area contributed by atoms with Crippen LogP contribution in [0, 0.1) is 0 Å². The number of alkyl halides is 7. The van der Waals surface area contributed by atoms with Crippen LogP contribution in [0.1, 0.15) is 12.0 Å². The molecule has 1 atom stereocenters. The Morgan fingerprint density at radius 1 is 1.04 bits per heavy atom. The summed E-state index contributed by atoms with van der Waals surface area (Å²) in [6.07, 6.45) is -10.4. The van der Waals surface area contributed by atoms with Gasteiger partial charge in [-0.05, 0) is 5.56 Å². The van der Waals surface area contributed by atoms with Gasteiger partial charge in [-0.25, -0.2) is 9.59 Å². The number of ether oxygens (including phenoxy) is 2. The molecule has 0 saturated heterocycles. The van der Waals surface area contributed by atoms with Gasteiger partial charge in [0.05, 0.1) is 7.11 Å².